The number of hydrogen-bond acceptors (Lipinski definition) is 5. The number of ether oxygens (including phenoxy) is 1. The summed E-state index contributed by atoms with van der Waals surface area (Å²) in [5.74, 6) is 0. The first-order chi connectivity index (χ1) is 16.4. The quantitative estimate of drug-likeness (QED) is 0.350. The van der Waals surface area contributed by atoms with Crippen molar-refractivity contribution in [3.8, 4) is 11.1 Å². The number of morpholine rings is 1. The molecule has 0 aliphatic carbocycles. The molecule has 182 valence electrons. The molecule has 3 aromatic rings. The Morgan fingerprint density at radius 3 is 2.56 bits per heavy atom. The Kier molecular flexibility index (Phi) is 8.43. The molecule has 1 fully saturated rings. The van der Waals surface area contributed by atoms with Crippen LogP contribution in [0.2, 0.25) is 5.02 Å². The van der Waals surface area contributed by atoms with Crippen molar-refractivity contribution in [3.05, 3.63) is 59.2 Å². The summed E-state index contributed by atoms with van der Waals surface area (Å²) < 4.78 is 5.47. The van der Waals surface area contributed by atoms with E-state index in [1.165, 1.54) is 11.1 Å². The number of rotatable bonds is 10. The van der Waals surface area contributed by atoms with Crippen molar-refractivity contribution >= 4 is 28.2 Å². The molecule has 2 heterocycles. The summed E-state index contributed by atoms with van der Waals surface area (Å²) in [6, 6.07) is 14.8. The fourth-order valence-electron chi connectivity index (χ4n) is 4.24. The van der Waals surface area contributed by atoms with Crippen LogP contribution in [-0.4, -0.2) is 54.8 Å². The number of anilines is 1. The summed E-state index contributed by atoms with van der Waals surface area (Å²) in [6.07, 6.45) is 4.12. The molecule has 1 aromatic heterocycles. The monoisotopic (exact) mass is 480 g/mol. The zero-order chi connectivity index (χ0) is 24.0. The summed E-state index contributed by atoms with van der Waals surface area (Å²) >= 11 is 6.25. The molecule has 0 bridgehead atoms. The molecule has 4 rings (SSSR count). The maximum Gasteiger partial charge on any atom is 0.0738 e. The van der Waals surface area contributed by atoms with E-state index in [9.17, 15) is 0 Å². The van der Waals surface area contributed by atoms with Crippen LogP contribution in [-0.2, 0) is 11.3 Å². The first-order valence-corrected chi connectivity index (χ1v) is 12.8. The Hall–Kier alpha value is -2.18. The number of benzene rings is 2. The molecule has 0 radical (unpaired) electrons. The highest BCUT2D eigenvalue weighted by molar-refractivity contribution is 6.31. The van der Waals surface area contributed by atoms with Crippen LogP contribution in [0.15, 0.2) is 48.7 Å². The largest absolute Gasteiger partial charge is 0.384 e. The Morgan fingerprint density at radius 2 is 1.82 bits per heavy atom. The summed E-state index contributed by atoms with van der Waals surface area (Å²) in [5.41, 5.74) is 5.82. The second-order valence-corrected chi connectivity index (χ2v) is 10.2. The predicted octanol–water partition coefficient (Wildman–Crippen LogP) is 5.97. The van der Waals surface area contributed by atoms with Crippen molar-refractivity contribution in [2.45, 2.75) is 45.7 Å². The number of halogens is 1. The molecule has 34 heavy (non-hydrogen) atoms. The maximum atomic E-state index is 6.25. The van der Waals surface area contributed by atoms with Gasteiger partial charge in [0.05, 0.1) is 24.4 Å². The van der Waals surface area contributed by atoms with Gasteiger partial charge in [0.2, 0.25) is 0 Å². The minimum atomic E-state index is 0.175. The highest BCUT2D eigenvalue weighted by atomic mass is 35.5. The summed E-state index contributed by atoms with van der Waals surface area (Å²) in [5, 5.41) is 9.16. The van der Waals surface area contributed by atoms with Crippen molar-refractivity contribution in [3.63, 3.8) is 0 Å². The Bertz CT molecular complexity index is 1080. The van der Waals surface area contributed by atoms with Crippen LogP contribution in [0.4, 0.5) is 5.69 Å². The highest BCUT2D eigenvalue weighted by Gasteiger charge is 2.15. The lowest BCUT2D eigenvalue weighted by molar-refractivity contribution is 0.0342. The number of fused-ring (bicyclic) bond motifs is 1. The van der Waals surface area contributed by atoms with Crippen LogP contribution in [0.1, 0.15) is 39.2 Å². The van der Waals surface area contributed by atoms with Gasteiger partial charge >= 0.3 is 0 Å². The van der Waals surface area contributed by atoms with Gasteiger partial charge in [0.15, 0.2) is 0 Å². The van der Waals surface area contributed by atoms with Gasteiger partial charge in [0.1, 0.15) is 0 Å². The molecular formula is C28H37ClN4O. The minimum Gasteiger partial charge on any atom is -0.384 e. The molecule has 0 spiro atoms. The van der Waals surface area contributed by atoms with Crippen LogP contribution in [0.3, 0.4) is 0 Å². The van der Waals surface area contributed by atoms with E-state index in [1.54, 1.807) is 0 Å². The Labute approximate surface area is 208 Å². The highest BCUT2D eigenvalue weighted by Crippen LogP contribution is 2.35. The van der Waals surface area contributed by atoms with Gasteiger partial charge in [-0.3, -0.25) is 9.88 Å². The van der Waals surface area contributed by atoms with Gasteiger partial charge in [0, 0.05) is 53.9 Å². The van der Waals surface area contributed by atoms with E-state index in [4.69, 9.17) is 21.3 Å². The Morgan fingerprint density at radius 1 is 1.06 bits per heavy atom. The van der Waals surface area contributed by atoms with Gasteiger partial charge in [-0.1, -0.05) is 42.8 Å². The number of aromatic nitrogens is 1. The van der Waals surface area contributed by atoms with Gasteiger partial charge in [-0.05, 0) is 62.6 Å². The lowest BCUT2D eigenvalue weighted by Gasteiger charge is -2.26. The van der Waals surface area contributed by atoms with Gasteiger partial charge in [0.25, 0.3) is 0 Å². The van der Waals surface area contributed by atoms with Crippen molar-refractivity contribution in [1.82, 2.24) is 15.2 Å². The topological polar surface area (TPSA) is 49.4 Å². The van der Waals surface area contributed by atoms with Gasteiger partial charge < -0.3 is 15.4 Å². The van der Waals surface area contributed by atoms with Crippen LogP contribution in [0.25, 0.3) is 22.0 Å². The van der Waals surface area contributed by atoms with Crippen LogP contribution in [0.5, 0.6) is 0 Å². The first kappa shape index (κ1) is 24.9. The molecule has 6 heteroatoms. The Balaban J connectivity index is 1.52. The molecule has 0 saturated carbocycles. The van der Waals surface area contributed by atoms with Crippen LogP contribution < -0.4 is 10.6 Å². The second kappa shape index (κ2) is 11.5. The molecular weight excluding hydrogens is 444 g/mol. The lowest BCUT2D eigenvalue weighted by Crippen LogP contribution is -2.39. The molecule has 2 N–H and O–H groups in total. The van der Waals surface area contributed by atoms with Crippen molar-refractivity contribution in [2.24, 2.45) is 0 Å². The number of nitrogens with zero attached hydrogens (tertiary/aromatic N) is 2. The van der Waals surface area contributed by atoms with E-state index in [0.717, 1.165) is 80.9 Å². The van der Waals surface area contributed by atoms with Gasteiger partial charge in [-0.2, -0.15) is 0 Å². The van der Waals surface area contributed by atoms with Gasteiger partial charge in [-0.15, -0.1) is 0 Å². The summed E-state index contributed by atoms with van der Waals surface area (Å²) in [4.78, 5) is 7.17. The van der Waals surface area contributed by atoms with E-state index in [1.807, 2.05) is 18.3 Å². The van der Waals surface area contributed by atoms with E-state index in [0.29, 0.717) is 5.02 Å². The zero-order valence-corrected chi connectivity index (χ0v) is 21.4. The summed E-state index contributed by atoms with van der Waals surface area (Å²) in [7, 11) is 0. The third-order valence-corrected chi connectivity index (χ3v) is 6.98. The third kappa shape index (κ3) is 6.48. The molecule has 0 unspecified atom stereocenters. The summed E-state index contributed by atoms with van der Waals surface area (Å²) in [6.45, 7) is 13.2. The molecule has 1 saturated heterocycles. The molecule has 1 aliphatic rings. The molecule has 2 aromatic carbocycles. The standard InChI is InChI=1S/C28H37ClN4O/c1-4-28(2,3)32-13-5-12-30-27-24-11-10-23(29)18-26(24)31-19-25(27)22-8-6-21(7-9-22)20-33-14-16-34-17-15-33/h6-11,18-19,32H,4-5,12-17,20H2,1-3H3,(H,30,31). The number of hydrogen-bond donors (Lipinski definition) is 2. The van der Waals surface area contributed by atoms with Crippen molar-refractivity contribution < 1.29 is 4.74 Å². The SMILES string of the molecule is CCC(C)(C)NCCCNc1c(-c2ccc(CN3CCOCC3)cc2)cnc2cc(Cl)ccc12. The molecule has 1 aliphatic heterocycles. The number of nitrogens with one attached hydrogen (secondary N) is 2. The average molecular weight is 481 g/mol. The zero-order valence-electron chi connectivity index (χ0n) is 20.7. The van der Waals surface area contributed by atoms with E-state index < -0.39 is 0 Å². The molecule has 5 nitrogen and oxygen atoms in total. The smallest absolute Gasteiger partial charge is 0.0738 e. The predicted molar refractivity (Wildman–Crippen MR) is 144 cm³/mol. The minimum absolute atomic E-state index is 0.175. The van der Waals surface area contributed by atoms with Gasteiger partial charge in [-0.25, -0.2) is 0 Å². The molecule has 0 amide bonds. The first-order valence-electron chi connectivity index (χ1n) is 12.4. The second-order valence-electron chi connectivity index (χ2n) is 9.74. The fraction of sp³-hybridized carbons (Fsp3) is 0.464. The fourth-order valence-corrected chi connectivity index (χ4v) is 4.40. The van der Waals surface area contributed by atoms with E-state index >= 15 is 0 Å². The van der Waals surface area contributed by atoms with Crippen molar-refractivity contribution in [2.75, 3.05) is 44.7 Å². The molecule has 0 atom stereocenters. The number of pyridine rings is 1. The lowest BCUT2D eigenvalue weighted by atomic mass is 10.0. The normalized spacial score (nSPS) is 15.1. The van der Waals surface area contributed by atoms with Crippen LogP contribution >= 0.6 is 11.6 Å². The van der Waals surface area contributed by atoms with E-state index in [2.05, 4.69) is 66.6 Å². The van der Waals surface area contributed by atoms with Crippen LogP contribution in [0, 0.1) is 0 Å². The van der Waals surface area contributed by atoms with Crippen molar-refractivity contribution in [1.29, 1.82) is 0 Å². The third-order valence-electron chi connectivity index (χ3n) is 6.75. The average Bonchev–Trinajstić information content (AvgIpc) is 2.85. The maximum absolute atomic E-state index is 6.25. The van der Waals surface area contributed by atoms with E-state index in [-0.39, 0.29) is 5.54 Å².